The first-order valence-corrected chi connectivity index (χ1v) is 11.3. The molecule has 1 aromatic heterocycles. The highest BCUT2D eigenvalue weighted by Crippen LogP contribution is 2.32. The molecule has 0 radical (unpaired) electrons. The Bertz CT molecular complexity index is 1190. The molecule has 2 amide bonds. The van der Waals surface area contributed by atoms with Crippen molar-refractivity contribution in [1.82, 2.24) is 15.1 Å². The smallest absolute Gasteiger partial charge is 0.231 e. The minimum Gasteiger partial charge on any atom is -0.454 e. The van der Waals surface area contributed by atoms with E-state index in [-0.39, 0.29) is 36.9 Å². The average molecular weight is 463 g/mol. The molecule has 0 spiro atoms. The highest BCUT2D eigenvalue weighted by molar-refractivity contribution is 5.92. The van der Waals surface area contributed by atoms with Gasteiger partial charge >= 0.3 is 0 Å². The van der Waals surface area contributed by atoms with Crippen LogP contribution in [-0.2, 0) is 21.5 Å². The number of fused-ring (bicyclic) bond motifs is 1. The highest BCUT2D eigenvalue weighted by atomic mass is 16.7. The molecule has 0 bridgehead atoms. The van der Waals surface area contributed by atoms with Gasteiger partial charge < -0.3 is 20.1 Å². The van der Waals surface area contributed by atoms with Gasteiger partial charge in [0.05, 0.1) is 11.4 Å². The Morgan fingerprint density at radius 1 is 0.971 bits per heavy atom. The van der Waals surface area contributed by atoms with E-state index in [0.717, 1.165) is 22.5 Å². The Balaban J connectivity index is 1.35. The van der Waals surface area contributed by atoms with E-state index >= 15 is 0 Å². The van der Waals surface area contributed by atoms with Gasteiger partial charge in [-0.1, -0.05) is 44.5 Å². The van der Waals surface area contributed by atoms with Crippen molar-refractivity contribution < 1.29 is 19.1 Å². The van der Waals surface area contributed by atoms with Gasteiger partial charge in [0.1, 0.15) is 5.82 Å². The maximum Gasteiger partial charge on any atom is 0.231 e. The molecule has 0 saturated carbocycles. The zero-order valence-corrected chi connectivity index (χ0v) is 20.0. The second-order valence-corrected chi connectivity index (χ2v) is 9.42. The zero-order valence-electron chi connectivity index (χ0n) is 20.0. The van der Waals surface area contributed by atoms with Crippen molar-refractivity contribution in [2.45, 2.75) is 52.5 Å². The molecule has 1 aliphatic rings. The third kappa shape index (κ3) is 5.57. The summed E-state index contributed by atoms with van der Waals surface area (Å²) in [6, 6.07) is 15.4. The van der Waals surface area contributed by atoms with Crippen molar-refractivity contribution in [3.8, 4) is 17.2 Å². The molecule has 3 aromatic rings. The summed E-state index contributed by atoms with van der Waals surface area (Å²) in [6.45, 7) is 8.81. The quantitative estimate of drug-likeness (QED) is 0.548. The average Bonchev–Trinajstić information content (AvgIpc) is 3.43. The normalized spacial score (nSPS) is 12.5. The Kier molecular flexibility index (Phi) is 6.58. The zero-order chi connectivity index (χ0) is 24.3. The minimum absolute atomic E-state index is 0.0664. The molecule has 8 nitrogen and oxygen atoms in total. The van der Waals surface area contributed by atoms with Crippen LogP contribution in [0.25, 0.3) is 5.69 Å². The number of amides is 2. The molecule has 2 N–H and O–H groups in total. The topological polar surface area (TPSA) is 94.5 Å². The fourth-order valence-electron chi connectivity index (χ4n) is 3.49. The number of anilines is 1. The molecule has 8 heteroatoms. The van der Waals surface area contributed by atoms with Crippen LogP contribution >= 0.6 is 0 Å². The van der Waals surface area contributed by atoms with Crippen LogP contribution in [0.5, 0.6) is 11.5 Å². The van der Waals surface area contributed by atoms with Crippen LogP contribution in [0, 0.1) is 6.92 Å². The molecule has 0 unspecified atom stereocenters. The lowest BCUT2D eigenvalue weighted by Crippen LogP contribution is -2.24. The summed E-state index contributed by atoms with van der Waals surface area (Å²) >= 11 is 0. The molecule has 0 fully saturated rings. The van der Waals surface area contributed by atoms with Gasteiger partial charge in [-0.25, -0.2) is 4.68 Å². The van der Waals surface area contributed by atoms with Crippen molar-refractivity contribution in [2.75, 3.05) is 12.1 Å². The van der Waals surface area contributed by atoms with Crippen LogP contribution in [0.2, 0.25) is 0 Å². The van der Waals surface area contributed by atoms with E-state index in [4.69, 9.17) is 14.6 Å². The molecular weight excluding hydrogens is 432 g/mol. The van der Waals surface area contributed by atoms with Crippen LogP contribution in [0.15, 0.2) is 48.5 Å². The first kappa shape index (κ1) is 23.4. The van der Waals surface area contributed by atoms with Crippen molar-refractivity contribution >= 4 is 17.6 Å². The largest absolute Gasteiger partial charge is 0.454 e. The molecule has 4 rings (SSSR count). The number of aryl methyl sites for hydroxylation is 1. The van der Waals surface area contributed by atoms with Crippen molar-refractivity contribution in [2.24, 2.45) is 0 Å². The van der Waals surface area contributed by atoms with Gasteiger partial charge in [0.15, 0.2) is 11.5 Å². The molecule has 0 aliphatic carbocycles. The highest BCUT2D eigenvalue weighted by Gasteiger charge is 2.22. The summed E-state index contributed by atoms with van der Waals surface area (Å²) < 4.78 is 12.4. The summed E-state index contributed by atoms with van der Waals surface area (Å²) in [6.07, 6.45) is 0.151. The molecule has 0 saturated heterocycles. The third-order valence-corrected chi connectivity index (χ3v) is 5.53. The number of hydrogen-bond acceptors (Lipinski definition) is 5. The maximum atomic E-state index is 12.7. The molecule has 0 atom stereocenters. The van der Waals surface area contributed by atoms with Gasteiger partial charge in [-0.2, -0.15) is 5.10 Å². The Hall–Kier alpha value is -3.81. The van der Waals surface area contributed by atoms with Crippen molar-refractivity contribution in [1.29, 1.82) is 0 Å². The van der Waals surface area contributed by atoms with E-state index in [1.807, 2.05) is 55.5 Å². The van der Waals surface area contributed by atoms with E-state index in [0.29, 0.717) is 23.9 Å². The number of nitrogens with one attached hydrogen (secondary N) is 2. The minimum atomic E-state index is -0.244. The Morgan fingerprint density at radius 3 is 2.41 bits per heavy atom. The van der Waals surface area contributed by atoms with E-state index in [2.05, 4.69) is 31.4 Å². The number of ether oxygens (including phenoxy) is 2. The molecule has 2 heterocycles. The van der Waals surface area contributed by atoms with Gasteiger partial charge in [-0.3, -0.25) is 9.59 Å². The first-order valence-electron chi connectivity index (χ1n) is 11.3. The fourth-order valence-corrected chi connectivity index (χ4v) is 3.49. The summed E-state index contributed by atoms with van der Waals surface area (Å²) in [7, 11) is 0. The summed E-state index contributed by atoms with van der Waals surface area (Å²) in [4.78, 5) is 25.0. The first-order chi connectivity index (χ1) is 16.2. The molecular formula is C26H30N4O4. The monoisotopic (exact) mass is 462 g/mol. The predicted octanol–water partition coefficient (Wildman–Crippen LogP) is 4.24. The number of carbonyl (C=O) groups is 2. The van der Waals surface area contributed by atoms with E-state index in [1.54, 1.807) is 4.68 Å². The number of benzene rings is 2. The predicted molar refractivity (Wildman–Crippen MR) is 129 cm³/mol. The Labute approximate surface area is 199 Å². The van der Waals surface area contributed by atoms with Crippen molar-refractivity contribution in [3.63, 3.8) is 0 Å². The van der Waals surface area contributed by atoms with Gasteiger partial charge in [-0.15, -0.1) is 0 Å². The van der Waals surface area contributed by atoms with E-state index in [9.17, 15) is 9.59 Å². The van der Waals surface area contributed by atoms with Crippen LogP contribution < -0.4 is 20.1 Å². The number of carbonyl (C=O) groups excluding carboxylic acids is 2. The maximum absolute atomic E-state index is 12.7. The number of nitrogens with zero attached hydrogens (tertiary/aromatic N) is 2. The summed E-state index contributed by atoms with van der Waals surface area (Å²) in [5, 5.41) is 10.5. The summed E-state index contributed by atoms with van der Waals surface area (Å²) in [5.41, 5.74) is 3.59. The van der Waals surface area contributed by atoms with Gasteiger partial charge in [0.25, 0.3) is 0 Å². The number of hydrogen-bond donors (Lipinski definition) is 2. The van der Waals surface area contributed by atoms with Gasteiger partial charge in [0.2, 0.25) is 18.6 Å². The SMILES string of the molecule is Cc1ccc(-n2nc(C(C)(C)C)cc2NC(=O)CCC(=O)NCc2ccc3c(c2)OCO3)cc1. The van der Waals surface area contributed by atoms with Gasteiger partial charge in [-0.05, 0) is 36.8 Å². The summed E-state index contributed by atoms with van der Waals surface area (Å²) in [5.74, 6) is 1.51. The number of rotatable bonds is 7. The molecule has 1 aliphatic heterocycles. The number of aromatic nitrogens is 2. The van der Waals surface area contributed by atoms with Gasteiger partial charge in [0, 0.05) is 30.9 Å². The lowest BCUT2D eigenvalue weighted by molar-refractivity contribution is -0.124. The van der Waals surface area contributed by atoms with Crippen LogP contribution in [0.3, 0.4) is 0 Å². The van der Waals surface area contributed by atoms with Crippen molar-refractivity contribution in [3.05, 3.63) is 65.4 Å². The Morgan fingerprint density at radius 2 is 1.68 bits per heavy atom. The second kappa shape index (κ2) is 9.59. The molecule has 178 valence electrons. The van der Waals surface area contributed by atoms with E-state index < -0.39 is 0 Å². The van der Waals surface area contributed by atoms with Crippen LogP contribution in [0.1, 0.15) is 50.4 Å². The lowest BCUT2D eigenvalue weighted by Gasteiger charge is -2.14. The fraction of sp³-hybridized carbons (Fsp3) is 0.346. The van der Waals surface area contributed by atoms with E-state index in [1.165, 1.54) is 0 Å². The molecule has 34 heavy (non-hydrogen) atoms. The third-order valence-electron chi connectivity index (χ3n) is 5.53. The van der Waals surface area contributed by atoms with Crippen LogP contribution in [-0.4, -0.2) is 28.4 Å². The molecule has 2 aromatic carbocycles. The standard InChI is InChI=1S/C26H30N4O4/c1-17-5-8-19(9-6-17)30-23(14-22(29-30)26(2,3)4)28-25(32)12-11-24(31)27-15-18-7-10-20-21(13-18)34-16-33-20/h5-10,13-14H,11-12,15-16H2,1-4H3,(H,27,31)(H,28,32). The second-order valence-electron chi connectivity index (χ2n) is 9.42. The van der Waals surface area contributed by atoms with Crippen LogP contribution in [0.4, 0.5) is 5.82 Å². The lowest BCUT2D eigenvalue weighted by atomic mass is 9.92.